The smallest absolute Gasteiger partial charge is 0.316 e. The van der Waals surface area contributed by atoms with E-state index in [1.54, 1.807) is 0 Å². The molecule has 0 aliphatic carbocycles. The Hall–Kier alpha value is -1.29. The highest BCUT2D eigenvalue weighted by molar-refractivity contribution is 8.00. The fourth-order valence-electron chi connectivity index (χ4n) is 3.26. The van der Waals surface area contributed by atoms with E-state index in [4.69, 9.17) is 0 Å². The van der Waals surface area contributed by atoms with Gasteiger partial charge in [0.1, 0.15) is 5.25 Å². The summed E-state index contributed by atoms with van der Waals surface area (Å²) >= 11 is 1.40. The SMILES string of the molecule is CCCCCCCCC(Sc1ccc(C(=O)CCCCCCC)cc1)C(=O)O. The summed E-state index contributed by atoms with van der Waals surface area (Å²) in [6.07, 6.45) is 14.0. The maximum absolute atomic E-state index is 12.3. The summed E-state index contributed by atoms with van der Waals surface area (Å²) in [5.74, 6) is -0.555. The quantitative estimate of drug-likeness (QED) is 0.165. The van der Waals surface area contributed by atoms with Gasteiger partial charge in [0, 0.05) is 16.9 Å². The molecule has 1 atom stereocenters. The molecule has 0 heterocycles. The Kier molecular flexibility index (Phi) is 13.8. The van der Waals surface area contributed by atoms with Crippen molar-refractivity contribution in [3.63, 3.8) is 0 Å². The fraction of sp³-hybridized carbons (Fsp3) is 0.667. The minimum absolute atomic E-state index is 0.190. The number of carbonyl (C=O) groups is 2. The van der Waals surface area contributed by atoms with Crippen LogP contribution in [0, 0.1) is 0 Å². The van der Waals surface area contributed by atoms with Gasteiger partial charge in [-0.2, -0.15) is 0 Å². The van der Waals surface area contributed by atoms with Crippen LogP contribution in [0.15, 0.2) is 29.2 Å². The Balaban J connectivity index is 2.40. The molecule has 0 radical (unpaired) electrons. The molecule has 0 saturated carbocycles. The van der Waals surface area contributed by atoms with E-state index >= 15 is 0 Å². The maximum Gasteiger partial charge on any atom is 0.316 e. The van der Waals surface area contributed by atoms with Crippen molar-refractivity contribution in [1.29, 1.82) is 0 Å². The molecule has 0 aromatic heterocycles. The predicted octanol–water partition coefficient (Wildman–Crippen LogP) is 7.53. The van der Waals surface area contributed by atoms with Gasteiger partial charge in [0.2, 0.25) is 0 Å². The van der Waals surface area contributed by atoms with Gasteiger partial charge in [-0.3, -0.25) is 9.59 Å². The van der Waals surface area contributed by atoms with Gasteiger partial charge in [-0.05, 0) is 25.0 Å². The van der Waals surface area contributed by atoms with Crippen LogP contribution < -0.4 is 0 Å². The van der Waals surface area contributed by atoms with Crippen molar-refractivity contribution in [3.8, 4) is 0 Å². The number of rotatable bonds is 17. The lowest BCUT2D eigenvalue weighted by Gasteiger charge is -2.12. The molecule has 1 unspecified atom stereocenters. The van der Waals surface area contributed by atoms with Gasteiger partial charge in [-0.1, -0.05) is 90.2 Å². The molecule has 0 aliphatic rings. The van der Waals surface area contributed by atoms with Gasteiger partial charge in [0.15, 0.2) is 5.78 Å². The first-order valence-electron chi connectivity index (χ1n) is 11.1. The summed E-state index contributed by atoms with van der Waals surface area (Å²) in [6, 6.07) is 7.49. The molecule has 1 N–H and O–H groups in total. The number of aliphatic carboxylic acids is 1. The number of ketones is 1. The zero-order chi connectivity index (χ0) is 20.6. The number of carboxylic acids is 1. The molecule has 3 nitrogen and oxygen atoms in total. The van der Waals surface area contributed by atoms with Gasteiger partial charge < -0.3 is 5.11 Å². The van der Waals surface area contributed by atoms with Crippen molar-refractivity contribution in [3.05, 3.63) is 29.8 Å². The van der Waals surface area contributed by atoms with Crippen molar-refractivity contribution in [2.45, 2.75) is 107 Å². The summed E-state index contributed by atoms with van der Waals surface area (Å²) < 4.78 is 0. The Bertz CT molecular complexity index is 553. The molecule has 1 aromatic carbocycles. The molecule has 0 spiro atoms. The summed E-state index contributed by atoms with van der Waals surface area (Å²) in [4.78, 5) is 24.8. The van der Waals surface area contributed by atoms with E-state index in [1.807, 2.05) is 24.3 Å². The lowest BCUT2D eigenvalue weighted by atomic mass is 10.0. The second-order valence-corrected chi connectivity index (χ2v) is 8.89. The highest BCUT2D eigenvalue weighted by Gasteiger charge is 2.18. The van der Waals surface area contributed by atoms with E-state index in [1.165, 1.54) is 56.7 Å². The van der Waals surface area contributed by atoms with Crippen molar-refractivity contribution in [2.75, 3.05) is 0 Å². The van der Waals surface area contributed by atoms with Crippen LogP contribution in [0.5, 0.6) is 0 Å². The summed E-state index contributed by atoms with van der Waals surface area (Å²) in [5, 5.41) is 9.09. The fourth-order valence-corrected chi connectivity index (χ4v) is 4.27. The van der Waals surface area contributed by atoms with E-state index in [-0.39, 0.29) is 5.78 Å². The van der Waals surface area contributed by atoms with Crippen molar-refractivity contribution >= 4 is 23.5 Å². The van der Waals surface area contributed by atoms with E-state index in [0.29, 0.717) is 12.8 Å². The van der Waals surface area contributed by atoms with Crippen LogP contribution in [-0.2, 0) is 4.79 Å². The molecule has 158 valence electrons. The molecule has 1 aromatic rings. The van der Waals surface area contributed by atoms with Crippen LogP contribution in [0.3, 0.4) is 0 Å². The first-order chi connectivity index (χ1) is 13.6. The van der Waals surface area contributed by atoms with Crippen LogP contribution in [0.4, 0.5) is 0 Å². The molecule has 28 heavy (non-hydrogen) atoms. The summed E-state index contributed by atoms with van der Waals surface area (Å²) in [7, 11) is 0. The minimum Gasteiger partial charge on any atom is -0.480 e. The molecular weight excluding hydrogens is 368 g/mol. The van der Waals surface area contributed by atoms with Gasteiger partial charge >= 0.3 is 5.97 Å². The van der Waals surface area contributed by atoms with Crippen LogP contribution in [0.2, 0.25) is 0 Å². The number of thioether (sulfide) groups is 1. The molecule has 0 aliphatic heterocycles. The molecule has 0 fully saturated rings. The van der Waals surface area contributed by atoms with E-state index in [0.717, 1.165) is 36.1 Å². The number of carboxylic acid groups (broad SMARTS) is 1. The Morgan fingerprint density at radius 2 is 1.36 bits per heavy atom. The number of hydrogen-bond acceptors (Lipinski definition) is 3. The van der Waals surface area contributed by atoms with Crippen LogP contribution in [0.25, 0.3) is 0 Å². The summed E-state index contributed by atoms with van der Waals surface area (Å²) in [5.41, 5.74) is 0.739. The molecule has 4 heteroatoms. The second kappa shape index (κ2) is 15.6. The largest absolute Gasteiger partial charge is 0.480 e. The van der Waals surface area contributed by atoms with E-state index in [9.17, 15) is 14.7 Å². The lowest BCUT2D eigenvalue weighted by molar-refractivity contribution is -0.136. The maximum atomic E-state index is 12.3. The first kappa shape index (κ1) is 24.7. The zero-order valence-corrected chi connectivity index (χ0v) is 18.6. The minimum atomic E-state index is -0.745. The number of benzene rings is 1. The standard InChI is InChI=1S/C24H38O3S/c1-3-5-7-9-11-13-15-23(24(26)27)28-21-18-16-20(17-19-21)22(25)14-12-10-8-6-4-2/h16-19,23H,3-15H2,1-2H3,(H,26,27). The molecule has 0 saturated heterocycles. The first-order valence-corrected chi connectivity index (χ1v) is 12.0. The van der Waals surface area contributed by atoms with E-state index in [2.05, 4.69) is 13.8 Å². The number of carbonyl (C=O) groups excluding carboxylic acids is 1. The predicted molar refractivity (Wildman–Crippen MR) is 119 cm³/mol. The number of unbranched alkanes of at least 4 members (excludes halogenated alkanes) is 9. The van der Waals surface area contributed by atoms with Gasteiger partial charge in [-0.25, -0.2) is 0 Å². The van der Waals surface area contributed by atoms with Crippen LogP contribution in [0.1, 0.15) is 108 Å². The monoisotopic (exact) mass is 406 g/mol. The highest BCUT2D eigenvalue weighted by atomic mass is 32.2. The third kappa shape index (κ3) is 10.9. The molecule has 0 amide bonds. The third-order valence-electron chi connectivity index (χ3n) is 5.06. The van der Waals surface area contributed by atoms with E-state index < -0.39 is 11.2 Å². The second-order valence-electron chi connectivity index (χ2n) is 7.61. The normalized spacial score (nSPS) is 12.1. The molecule has 0 bridgehead atoms. The summed E-state index contributed by atoms with van der Waals surface area (Å²) in [6.45, 7) is 4.39. The van der Waals surface area contributed by atoms with Crippen molar-refractivity contribution in [1.82, 2.24) is 0 Å². The third-order valence-corrected chi connectivity index (χ3v) is 6.32. The van der Waals surface area contributed by atoms with Gasteiger partial charge in [-0.15, -0.1) is 11.8 Å². The molecular formula is C24H38O3S. The topological polar surface area (TPSA) is 54.4 Å². The van der Waals surface area contributed by atoms with Crippen molar-refractivity contribution in [2.24, 2.45) is 0 Å². The lowest BCUT2D eigenvalue weighted by Crippen LogP contribution is -2.16. The number of Topliss-reactive ketones (excluding diaryl/α,β-unsaturated/α-hetero) is 1. The number of hydrogen-bond donors (Lipinski definition) is 1. The van der Waals surface area contributed by atoms with Crippen LogP contribution in [-0.4, -0.2) is 22.1 Å². The Morgan fingerprint density at radius 1 is 0.821 bits per heavy atom. The van der Waals surface area contributed by atoms with Crippen molar-refractivity contribution < 1.29 is 14.7 Å². The Morgan fingerprint density at radius 3 is 1.93 bits per heavy atom. The van der Waals surface area contributed by atoms with Gasteiger partial charge in [0.05, 0.1) is 0 Å². The van der Waals surface area contributed by atoms with Crippen LogP contribution >= 0.6 is 11.8 Å². The highest BCUT2D eigenvalue weighted by Crippen LogP contribution is 2.28. The Labute approximate surface area is 175 Å². The molecule has 1 rings (SSSR count). The van der Waals surface area contributed by atoms with Gasteiger partial charge in [0.25, 0.3) is 0 Å². The average molecular weight is 407 g/mol. The average Bonchev–Trinajstić information content (AvgIpc) is 2.69. The zero-order valence-electron chi connectivity index (χ0n) is 17.8.